The Balaban J connectivity index is 0.000000287. The van der Waals surface area contributed by atoms with Crippen molar-refractivity contribution in [1.82, 2.24) is 0 Å². The fraction of sp³-hybridized carbons (Fsp3) is 0.814. The maximum absolute atomic E-state index is 13.9. The number of benzene rings is 1. The van der Waals surface area contributed by atoms with Crippen LogP contribution in [0.2, 0.25) is 0 Å². The number of anilines is 1. The lowest BCUT2D eigenvalue weighted by atomic mass is 9.73. The van der Waals surface area contributed by atoms with Crippen molar-refractivity contribution < 1.29 is 19.0 Å². The molecule has 5 rings (SSSR count). The lowest BCUT2D eigenvalue weighted by Crippen LogP contribution is -2.50. The molecule has 7 heteroatoms. The average Bonchev–Trinajstić information content (AvgIpc) is 3.78. The minimum Gasteiger partial charge on any atom is -0.428 e. The van der Waals surface area contributed by atoms with E-state index in [9.17, 15) is 9.59 Å². The predicted octanol–water partition coefficient (Wildman–Crippen LogP) is 10.4. The standard InChI is InChI=1S/C26H41BNO2S.C9H18.C8H14O2/c1-8-13-26(14-9-2)21-12-11-19(27-30-24(4,5)25(6,7)31)17-22(21)28(23(26)29)20-15-18(10-3)16-20;1-3-5-6-9(4-2)7-8-9;1-6(2)7(9)8(3)4-10-5-8/h11-12,17-18,20,31H,8-10,13-16H2,1-7H3;3-8H2,1-2H3;6H,4-5H2,1-3H3. The fourth-order valence-electron chi connectivity index (χ4n) is 7.87. The highest BCUT2D eigenvalue weighted by molar-refractivity contribution is 7.81. The normalized spacial score (nSPS) is 22.7. The summed E-state index contributed by atoms with van der Waals surface area (Å²) in [7, 11) is 1.84. The number of carbonyl (C=O) groups excluding carboxylic acids is 2. The molecule has 0 atom stereocenters. The second kappa shape index (κ2) is 17.7. The quantitative estimate of drug-likeness (QED) is 0.137. The monoisotopic (exact) mass is 711 g/mol. The number of unbranched alkanes of at least 4 members (excludes halogenated alkanes) is 1. The van der Waals surface area contributed by atoms with E-state index in [0.29, 0.717) is 30.9 Å². The van der Waals surface area contributed by atoms with Crippen molar-refractivity contribution in [3.05, 3.63) is 23.8 Å². The van der Waals surface area contributed by atoms with Gasteiger partial charge in [-0.05, 0) is 103 Å². The molecule has 1 aromatic rings. The number of amides is 1. The van der Waals surface area contributed by atoms with Gasteiger partial charge in [-0.15, -0.1) is 0 Å². The van der Waals surface area contributed by atoms with E-state index in [1.54, 1.807) is 0 Å². The van der Waals surface area contributed by atoms with Gasteiger partial charge in [0.05, 0.1) is 29.6 Å². The van der Waals surface area contributed by atoms with Gasteiger partial charge in [-0.1, -0.05) is 105 Å². The number of fused-ring (bicyclic) bond motifs is 1. The zero-order chi connectivity index (χ0) is 37.5. The Hall–Kier alpha value is -1.31. The van der Waals surface area contributed by atoms with Gasteiger partial charge >= 0.3 is 7.48 Å². The van der Waals surface area contributed by atoms with E-state index in [0.717, 1.165) is 61.0 Å². The molecule has 0 aromatic heterocycles. The number of rotatable bonds is 16. The van der Waals surface area contributed by atoms with E-state index in [-0.39, 0.29) is 21.5 Å². The van der Waals surface area contributed by atoms with Crippen LogP contribution in [0.5, 0.6) is 0 Å². The van der Waals surface area contributed by atoms with Gasteiger partial charge < -0.3 is 14.3 Å². The van der Waals surface area contributed by atoms with Gasteiger partial charge in [-0.2, -0.15) is 12.6 Å². The topological polar surface area (TPSA) is 55.8 Å². The third-order valence-corrected chi connectivity index (χ3v) is 13.2. The third-order valence-electron chi connectivity index (χ3n) is 12.6. The van der Waals surface area contributed by atoms with Crippen LogP contribution in [0.25, 0.3) is 0 Å². The summed E-state index contributed by atoms with van der Waals surface area (Å²) in [6.45, 7) is 26.6. The van der Waals surface area contributed by atoms with Crippen molar-refractivity contribution in [2.24, 2.45) is 22.7 Å². The molecule has 1 saturated heterocycles. The number of hydrogen-bond acceptors (Lipinski definition) is 5. The highest BCUT2D eigenvalue weighted by atomic mass is 32.1. The molecule has 1 aromatic carbocycles. The molecule has 4 aliphatic rings. The van der Waals surface area contributed by atoms with Crippen LogP contribution in [-0.4, -0.2) is 48.8 Å². The Morgan fingerprint density at radius 1 is 1.00 bits per heavy atom. The van der Waals surface area contributed by atoms with Crippen LogP contribution in [0.3, 0.4) is 0 Å². The van der Waals surface area contributed by atoms with Crippen molar-refractivity contribution in [1.29, 1.82) is 0 Å². The van der Waals surface area contributed by atoms with Crippen molar-refractivity contribution in [3.63, 3.8) is 0 Å². The molecule has 3 fully saturated rings. The lowest BCUT2D eigenvalue weighted by molar-refractivity contribution is -0.158. The third kappa shape index (κ3) is 9.81. The van der Waals surface area contributed by atoms with Crippen LogP contribution in [-0.2, 0) is 24.4 Å². The van der Waals surface area contributed by atoms with Crippen LogP contribution in [0.4, 0.5) is 5.69 Å². The van der Waals surface area contributed by atoms with Crippen molar-refractivity contribution in [2.45, 2.75) is 188 Å². The molecule has 1 radical (unpaired) electrons. The fourth-order valence-corrected chi connectivity index (χ4v) is 7.92. The predicted molar refractivity (Wildman–Crippen MR) is 216 cm³/mol. The minimum absolute atomic E-state index is 0.147. The van der Waals surface area contributed by atoms with Gasteiger partial charge in [0, 0.05) is 22.4 Å². The number of hydrogen-bond donors (Lipinski definition) is 1. The minimum atomic E-state index is -0.416. The molecule has 50 heavy (non-hydrogen) atoms. The molecule has 2 saturated carbocycles. The van der Waals surface area contributed by atoms with Gasteiger partial charge in [-0.3, -0.25) is 9.59 Å². The van der Waals surface area contributed by atoms with Gasteiger partial charge in [0.25, 0.3) is 0 Å². The van der Waals surface area contributed by atoms with Crippen molar-refractivity contribution in [3.8, 4) is 0 Å². The van der Waals surface area contributed by atoms with Crippen LogP contribution in [0.15, 0.2) is 18.2 Å². The van der Waals surface area contributed by atoms with Gasteiger partial charge in [0.2, 0.25) is 5.91 Å². The molecule has 0 spiro atoms. The van der Waals surface area contributed by atoms with Gasteiger partial charge in [-0.25, -0.2) is 0 Å². The molecule has 0 bridgehead atoms. The first kappa shape index (κ1) is 43.1. The molecule has 1 amide bonds. The first-order valence-electron chi connectivity index (χ1n) is 20.2. The van der Waals surface area contributed by atoms with Crippen LogP contribution >= 0.6 is 12.6 Å². The number of carbonyl (C=O) groups is 2. The molecule has 5 nitrogen and oxygen atoms in total. The van der Waals surface area contributed by atoms with E-state index >= 15 is 0 Å². The Morgan fingerprint density at radius 3 is 2.00 bits per heavy atom. The number of Topliss-reactive ketones (excluding diaryl/α,β-unsaturated/α-hetero) is 1. The largest absolute Gasteiger partial charge is 0.428 e. The van der Waals surface area contributed by atoms with Crippen LogP contribution < -0.4 is 10.4 Å². The molecule has 2 aliphatic heterocycles. The first-order chi connectivity index (χ1) is 23.4. The zero-order valence-corrected chi connectivity index (χ0v) is 35.1. The van der Waals surface area contributed by atoms with E-state index in [2.05, 4.69) is 85.4 Å². The average molecular weight is 711 g/mol. The summed E-state index contributed by atoms with van der Waals surface area (Å²) in [5.74, 6) is 1.57. The van der Waals surface area contributed by atoms with Crippen molar-refractivity contribution >= 4 is 43.0 Å². The number of thiol groups is 1. The van der Waals surface area contributed by atoms with Crippen LogP contribution in [0.1, 0.15) is 172 Å². The molecular weight excluding hydrogens is 637 g/mol. The summed E-state index contributed by atoms with van der Waals surface area (Å²) in [5, 5.41) is 0. The summed E-state index contributed by atoms with van der Waals surface area (Å²) < 4.78 is 10.9. The van der Waals surface area contributed by atoms with Gasteiger partial charge in [0.1, 0.15) is 5.78 Å². The maximum Gasteiger partial charge on any atom is 0.330 e. The summed E-state index contributed by atoms with van der Waals surface area (Å²) >= 11 is 4.71. The highest BCUT2D eigenvalue weighted by Crippen LogP contribution is 2.53. The smallest absolute Gasteiger partial charge is 0.330 e. The Labute approximate surface area is 313 Å². The van der Waals surface area contributed by atoms with E-state index in [4.69, 9.17) is 22.0 Å². The Bertz CT molecular complexity index is 1250. The van der Waals surface area contributed by atoms with Gasteiger partial charge in [0.15, 0.2) is 0 Å². The summed E-state index contributed by atoms with van der Waals surface area (Å²) in [6, 6.07) is 6.84. The number of ketones is 1. The second-order valence-electron chi connectivity index (χ2n) is 17.8. The van der Waals surface area contributed by atoms with E-state index in [1.165, 1.54) is 50.5 Å². The molecule has 283 valence electrons. The zero-order valence-electron chi connectivity index (χ0n) is 34.2. The number of ether oxygens (including phenoxy) is 1. The molecule has 0 unspecified atom stereocenters. The Morgan fingerprint density at radius 2 is 1.60 bits per heavy atom. The second-order valence-corrected chi connectivity index (χ2v) is 18.9. The van der Waals surface area contributed by atoms with Crippen molar-refractivity contribution in [2.75, 3.05) is 18.1 Å². The molecule has 0 N–H and O–H groups in total. The molecule has 2 heterocycles. The molecular formula is C43H73BNO4S. The molecule has 2 aliphatic carbocycles. The lowest BCUT2D eigenvalue weighted by Gasteiger charge is -2.42. The maximum atomic E-state index is 13.9. The number of nitrogens with zero attached hydrogens (tertiary/aromatic N) is 1. The van der Waals surface area contributed by atoms with E-state index in [1.807, 2.05) is 28.3 Å². The summed E-state index contributed by atoms with van der Waals surface area (Å²) in [4.78, 5) is 27.5. The summed E-state index contributed by atoms with van der Waals surface area (Å²) in [6.07, 6.45) is 16.1. The van der Waals surface area contributed by atoms with E-state index < -0.39 is 5.60 Å². The SMILES string of the molecule is CC(C)C(=O)C1(C)COC1.CCCC1(CCC)C(=O)N(C2CC(CC)C2)c2cc([B]OC(C)(C)C(C)(C)S)ccc21.CCCCC1(CC)CC1. The summed E-state index contributed by atoms with van der Waals surface area (Å²) in [5.41, 5.74) is 3.27. The first-order valence-corrected chi connectivity index (χ1v) is 20.7. The highest BCUT2D eigenvalue weighted by Gasteiger charge is 2.53. The van der Waals surface area contributed by atoms with Crippen LogP contribution in [0, 0.1) is 22.7 Å². The Kier molecular flexibility index (Phi) is 15.2.